The minimum atomic E-state index is 0.685. The van der Waals surface area contributed by atoms with E-state index in [1.165, 1.54) is 5.56 Å². The highest BCUT2D eigenvalue weighted by Crippen LogP contribution is 2.18. The Morgan fingerprint density at radius 2 is 1.84 bits per heavy atom. The maximum absolute atomic E-state index is 5.66. The molecule has 0 N–H and O–H groups in total. The van der Waals surface area contributed by atoms with Crippen molar-refractivity contribution in [1.29, 1.82) is 0 Å². The SMILES string of the molecule is Cc1cccc(O/C(Br)=C/C=C/c2ccccc2)c1. The summed E-state index contributed by atoms with van der Waals surface area (Å²) in [4.78, 5) is 0. The quantitative estimate of drug-likeness (QED) is 0.548. The van der Waals surface area contributed by atoms with Crippen molar-refractivity contribution in [3.63, 3.8) is 0 Å². The van der Waals surface area contributed by atoms with Crippen LogP contribution in [0.3, 0.4) is 0 Å². The van der Waals surface area contributed by atoms with Crippen LogP contribution in [0.2, 0.25) is 0 Å². The van der Waals surface area contributed by atoms with Crippen LogP contribution in [0.4, 0.5) is 0 Å². The van der Waals surface area contributed by atoms with E-state index in [-0.39, 0.29) is 0 Å². The summed E-state index contributed by atoms with van der Waals surface area (Å²) >= 11 is 3.40. The fraction of sp³-hybridized carbons (Fsp3) is 0.0588. The minimum Gasteiger partial charge on any atom is -0.450 e. The summed E-state index contributed by atoms with van der Waals surface area (Å²) in [6, 6.07) is 18.1. The average molecular weight is 315 g/mol. The van der Waals surface area contributed by atoms with Gasteiger partial charge in [-0.3, -0.25) is 0 Å². The predicted octanol–water partition coefficient (Wildman–Crippen LogP) is 5.32. The molecule has 96 valence electrons. The Labute approximate surface area is 122 Å². The smallest absolute Gasteiger partial charge is 0.169 e. The molecule has 0 radical (unpaired) electrons. The van der Waals surface area contributed by atoms with Crippen LogP contribution in [0.5, 0.6) is 5.75 Å². The molecule has 0 aliphatic carbocycles. The molecule has 0 heterocycles. The molecular formula is C17H15BrO. The van der Waals surface area contributed by atoms with Crippen molar-refractivity contribution in [3.05, 3.63) is 82.5 Å². The van der Waals surface area contributed by atoms with Gasteiger partial charge in [-0.1, -0.05) is 54.6 Å². The van der Waals surface area contributed by atoms with E-state index in [2.05, 4.69) is 28.1 Å². The van der Waals surface area contributed by atoms with Crippen LogP contribution in [0.25, 0.3) is 6.08 Å². The maximum Gasteiger partial charge on any atom is 0.169 e. The molecular weight excluding hydrogens is 300 g/mol. The van der Waals surface area contributed by atoms with Crippen molar-refractivity contribution in [2.24, 2.45) is 0 Å². The zero-order valence-corrected chi connectivity index (χ0v) is 12.3. The third kappa shape index (κ3) is 4.76. The van der Waals surface area contributed by atoms with Gasteiger partial charge in [-0.05, 0) is 52.2 Å². The van der Waals surface area contributed by atoms with Gasteiger partial charge in [0.15, 0.2) is 4.67 Å². The van der Waals surface area contributed by atoms with Gasteiger partial charge >= 0.3 is 0 Å². The summed E-state index contributed by atoms with van der Waals surface area (Å²) in [5.41, 5.74) is 2.34. The van der Waals surface area contributed by atoms with Crippen LogP contribution in [-0.2, 0) is 0 Å². The first-order valence-electron chi connectivity index (χ1n) is 6.07. The predicted molar refractivity (Wildman–Crippen MR) is 84.3 cm³/mol. The molecule has 1 nitrogen and oxygen atoms in total. The lowest BCUT2D eigenvalue weighted by atomic mass is 10.2. The normalized spacial score (nSPS) is 11.8. The maximum atomic E-state index is 5.66. The number of hydrogen-bond acceptors (Lipinski definition) is 1. The fourth-order valence-corrected chi connectivity index (χ4v) is 1.96. The van der Waals surface area contributed by atoms with Gasteiger partial charge in [-0.25, -0.2) is 0 Å². The summed E-state index contributed by atoms with van der Waals surface area (Å²) in [6.45, 7) is 2.04. The van der Waals surface area contributed by atoms with Crippen LogP contribution < -0.4 is 4.74 Å². The number of allylic oxidation sites excluding steroid dienone is 2. The molecule has 0 saturated carbocycles. The zero-order valence-electron chi connectivity index (χ0n) is 10.7. The number of ether oxygens (including phenoxy) is 1. The van der Waals surface area contributed by atoms with E-state index in [4.69, 9.17) is 4.74 Å². The van der Waals surface area contributed by atoms with Gasteiger partial charge in [0.1, 0.15) is 5.75 Å². The van der Waals surface area contributed by atoms with Crippen LogP contribution >= 0.6 is 15.9 Å². The fourth-order valence-electron chi connectivity index (χ4n) is 1.62. The summed E-state index contributed by atoms with van der Waals surface area (Å²) in [5, 5.41) is 0. The molecule has 0 aliphatic heterocycles. The van der Waals surface area contributed by atoms with Gasteiger partial charge in [-0.2, -0.15) is 0 Å². The lowest BCUT2D eigenvalue weighted by Gasteiger charge is -2.04. The second kappa shape index (κ2) is 6.95. The highest BCUT2D eigenvalue weighted by molar-refractivity contribution is 9.11. The van der Waals surface area contributed by atoms with Crippen molar-refractivity contribution in [2.45, 2.75) is 6.92 Å². The molecule has 19 heavy (non-hydrogen) atoms. The third-order valence-corrected chi connectivity index (χ3v) is 2.95. The molecule has 0 atom stereocenters. The Morgan fingerprint density at radius 1 is 1.05 bits per heavy atom. The summed E-state index contributed by atoms with van der Waals surface area (Å²) in [6.07, 6.45) is 5.87. The van der Waals surface area contributed by atoms with E-state index >= 15 is 0 Å². The molecule has 0 aliphatic rings. The molecule has 2 aromatic carbocycles. The molecule has 2 heteroatoms. The molecule has 0 amide bonds. The topological polar surface area (TPSA) is 9.23 Å². The van der Waals surface area contributed by atoms with Crippen molar-refractivity contribution < 1.29 is 4.74 Å². The van der Waals surface area contributed by atoms with E-state index in [9.17, 15) is 0 Å². The summed E-state index contributed by atoms with van der Waals surface area (Å²) < 4.78 is 6.35. The Balaban J connectivity index is 1.98. The Kier molecular flexibility index (Phi) is 4.99. The van der Waals surface area contributed by atoms with Gasteiger partial charge in [0.05, 0.1) is 0 Å². The van der Waals surface area contributed by atoms with Crippen molar-refractivity contribution in [1.82, 2.24) is 0 Å². The minimum absolute atomic E-state index is 0.685. The summed E-state index contributed by atoms with van der Waals surface area (Å²) in [7, 11) is 0. The first-order chi connectivity index (χ1) is 9.24. The molecule has 2 rings (SSSR count). The van der Waals surface area contributed by atoms with Crippen LogP contribution in [0, 0.1) is 6.92 Å². The summed E-state index contributed by atoms with van der Waals surface area (Å²) in [5.74, 6) is 0.830. The average Bonchev–Trinajstić information content (AvgIpc) is 2.40. The van der Waals surface area contributed by atoms with Gasteiger partial charge < -0.3 is 4.74 Å². The van der Waals surface area contributed by atoms with E-state index in [1.807, 2.05) is 67.6 Å². The first-order valence-corrected chi connectivity index (χ1v) is 6.87. The van der Waals surface area contributed by atoms with Gasteiger partial charge in [-0.15, -0.1) is 0 Å². The molecule has 0 fully saturated rings. The molecule has 0 aromatic heterocycles. The van der Waals surface area contributed by atoms with Crippen LogP contribution in [0.15, 0.2) is 71.4 Å². The zero-order chi connectivity index (χ0) is 13.5. The molecule has 2 aromatic rings. The molecule has 0 bridgehead atoms. The standard InChI is InChI=1S/C17H15BrO/c1-14-7-5-11-16(13-14)19-17(18)12-6-10-15-8-3-2-4-9-15/h2-13H,1H3/b10-6+,17-12+. The van der Waals surface area contributed by atoms with Crippen LogP contribution in [-0.4, -0.2) is 0 Å². The molecule has 0 saturated heterocycles. The number of halogens is 1. The first kappa shape index (κ1) is 13.6. The number of aryl methyl sites for hydroxylation is 1. The third-order valence-electron chi connectivity index (χ3n) is 2.52. The van der Waals surface area contributed by atoms with Gasteiger partial charge in [0.25, 0.3) is 0 Å². The van der Waals surface area contributed by atoms with Crippen molar-refractivity contribution in [3.8, 4) is 5.75 Å². The lowest BCUT2D eigenvalue weighted by molar-refractivity contribution is 0.469. The second-order valence-corrected chi connectivity index (χ2v) is 4.94. The number of hydrogen-bond donors (Lipinski definition) is 0. The van der Waals surface area contributed by atoms with Crippen molar-refractivity contribution >= 4 is 22.0 Å². The van der Waals surface area contributed by atoms with E-state index in [1.54, 1.807) is 0 Å². The molecule has 0 unspecified atom stereocenters. The van der Waals surface area contributed by atoms with Crippen molar-refractivity contribution in [2.75, 3.05) is 0 Å². The Morgan fingerprint density at radius 3 is 2.58 bits per heavy atom. The van der Waals surface area contributed by atoms with E-state index < -0.39 is 0 Å². The van der Waals surface area contributed by atoms with Gasteiger partial charge in [0, 0.05) is 0 Å². The Hall–Kier alpha value is -1.80. The van der Waals surface area contributed by atoms with Crippen LogP contribution in [0.1, 0.15) is 11.1 Å². The molecule has 0 spiro atoms. The number of benzene rings is 2. The van der Waals surface area contributed by atoms with E-state index in [0.29, 0.717) is 4.67 Å². The second-order valence-electron chi connectivity index (χ2n) is 4.16. The Bertz CT molecular complexity index is 585. The lowest BCUT2D eigenvalue weighted by Crippen LogP contribution is -1.87. The monoisotopic (exact) mass is 314 g/mol. The number of rotatable bonds is 4. The largest absolute Gasteiger partial charge is 0.450 e. The highest BCUT2D eigenvalue weighted by Gasteiger charge is 1.95. The van der Waals surface area contributed by atoms with E-state index in [0.717, 1.165) is 11.3 Å². The highest BCUT2D eigenvalue weighted by atomic mass is 79.9. The van der Waals surface area contributed by atoms with Gasteiger partial charge in [0.2, 0.25) is 0 Å².